The number of hydrogen-bond acceptors (Lipinski definition) is 4. The number of ether oxygens (including phenoxy) is 2. The molecule has 1 fully saturated rings. The minimum absolute atomic E-state index is 0.168. The summed E-state index contributed by atoms with van der Waals surface area (Å²) in [4.78, 5) is 16.8. The Labute approximate surface area is 113 Å². The minimum atomic E-state index is -0.204. The van der Waals surface area contributed by atoms with Gasteiger partial charge in [-0.15, -0.1) is 0 Å². The normalized spacial score (nSPS) is 18.3. The summed E-state index contributed by atoms with van der Waals surface area (Å²) in [5.74, 6) is 0.468. The standard InChI is InChI=1S/C14H19NO4/c1-15(17-2)14(16)11-5-3-6-12(9-11)19-10-13-7-4-8-18-13/h3,5-6,9,13H,4,7-8,10H2,1-2H3. The molecule has 0 radical (unpaired) electrons. The Kier molecular flexibility index (Phi) is 4.76. The number of hydroxylamine groups is 2. The lowest BCUT2D eigenvalue weighted by Gasteiger charge is -2.15. The maximum Gasteiger partial charge on any atom is 0.277 e. The van der Waals surface area contributed by atoms with Crippen LogP contribution in [0.1, 0.15) is 23.2 Å². The molecule has 1 saturated heterocycles. The second-order valence-corrected chi connectivity index (χ2v) is 4.46. The molecule has 5 heteroatoms. The van der Waals surface area contributed by atoms with Gasteiger partial charge in [0.05, 0.1) is 13.2 Å². The van der Waals surface area contributed by atoms with Gasteiger partial charge in [0.25, 0.3) is 5.91 Å². The van der Waals surface area contributed by atoms with Gasteiger partial charge >= 0.3 is 0 Å². The first kappa shape index (κ1) is 13.8. The van der Waals surface area contributed by atoms with Crippen molar-refractivity contribution >= 4 is 5.91 Å². The topological polar surface area (TPSA) is 48.0 Å². The zero-order chi connectivity index (χ0) is 13.7. The van der Waals surface area contributed by atoms with Crippen LogP contribution in [0, 0.1) is 0 Å². The number of hydrogen-bond donors (Lipinski definition) is 0. The summed E-state index contributed by atoms with van der Waals surface area (Å²) < 4.78 is 11.1. The van der Waals surface area contributed by atoms with E-state index in [0.717, 1.165) is 19.4 Å². The molecule has 1 aliphatic heterocycles. The maximum atomic E-state index is 11.9. The number of carbonyl (C=O) groups is 1. The van der Waals surface area contributed by atoms with Crippen LogP contribution in [0.2, 0.25) is 0 Å². The molecule has 0 spiro atoms. The molecule has 0 aromatic heterocycles. The van der Waals surface area contributed by atoms with Crippen LogP contribution in [0.5, 0.6) is 5.75 Å². The van der Waals surface area contributed by atoms with Crippen molar-refractivity contribution in [3.63, 3.8) is 0 Å². The van der Waals surface area contributed by atoms with Crippen molar-refractivity contribution in [3.05, 3.63) is 29.8 Å². The summed E-state index contributed by atoms with van der Waals surface area (Å²) in [7, 11) is 3.03. The van der Waals surface area contributed by atoms with Crippen molar-refractivity contribution in [2.24, 2.45) is 0 Å². The van der Waals surface area contributed by atoms with Crippen molar-refractivity contribution < 1.29 is 19.1 Å². The minimum Gasteiger partial charge on any atom is -0.491 e. The van der Waals surface area contributed by atoms with Crippen LogP contribution in [0.25, 0.3) is 0 Å². The predicted molar refractivity (Wildman–Crippen MR) is 70.0 cm³/mol. The van der Waals surface area contributed by atoms with Crippen LogP contribution < -0.4 is 4.74 Å². The fraction of sp³-hybridized carbons (Fsp3) is 0.500. The fourth-order valence-electron chi connectivity index (χ4n) is 1.95. The Morgan fingerprint density at radius 2 is 2.37 bits per heavy atom. The third kappa shape index (κ3) is 3.68. The third-order valence-electron chi connectivity index (χ3n) is 3.10. The number of carbonyl (C=O) groups excluding carboxylic acids is 1. The van der Waals surface area contributed by atoms with E-state index in [1.165, 1.54) is 12.2 Å². The van der Waals surface area contributed by atoms with Crippen molar-refractivity contribution in [3.8, 4) is 5.75 Å². The molecule has 5 nitrogen and oxygen atoms in total. The van der Waals surface area contributed by atoms with Crippen LogP contribution in [0.3, 0.4) is 0 Å². The summed E-state index contributed by atoms with van der Waals surface area (Å²) in [6.45, 7) is 1.34. The van der Waals surface area contributed by atoms with Gasteiger partial charge in [0, 0.05) is 19.2 Å². The molecule has 1 aromatic rings. The molecule has 0 bridgehead atoms. The SMILES string of the molecule is CON(C)C(=O)c1cccc(OCC2CCCO2)c1. The molecule has 1 atom stereocenters. The molecule has 1 amide bonds. The van der Waals surface area contributed by atoms with Crippen LogP contribution >= 0.6 is 0 Å². The molecular weight excluding hydrogens is 246 g/mol. The Morgan fingerprint density at radius 1 is 1.53 bits per heavy atom. The third-order valence-corrected chi connectivity index (χ3v) is 3.10. The molecule has 104 valence electrons. The Hall–Kier alpha value is -1.59. The first-order valence-corrected chi connectivity index (χ1v) is 6.37. The number of amides is 1. The molecule has 1 aromatic carbocycles. The lowest BCUT2D eigenvalue weighted by Crippen LogP contribution is -2.25. The van der Waals surface area contributed by atoms with E-state index >= 15 is 0 Å². The number of rotatable bonds is 5. The van der Waals surface area contributed by atoms with E-state index in [4.69, 9.17) is 14.3 Å². The van der Waals surface area contributed by atoms with Gasteiger partial charge in [-0.1, -0.05) is 6.07 Å². The zero-order valence-corrected chi connectivity index (χ0v) is 11.3. The summed E-state index contributed by atoms with van der Waals surface area (Å²) in [5, 5.41) is 1.18. The zero-order valence-electron chi connectivity index (χ0n) is 11.3. The molecular formula is C14H19NO4. The molecule has 0 saturated carbocycles. The van der Waals surface area contributed by atoms with Crippen LogP contribution in [0.15, 0.2) is 24.3 Å². The molecule has 2 rings (SSSR count). The van der Waals surface area contributed by atoms with Gasteiger partial charge in [-0.25, -0.2) is 5.06 Å². The van der Waals surface area contributed by atoms with Gasteiger partial charge in [-0.3, -0.25) is 9.63 Å². The summed E-state index contributed by atoms with van der Waals surface area (Å²) in [5.41, 5.74) is 0.536. The van der Waals surface area contributed by atoms with E-state index in [-0.39, 0.29) is 12.0 Å². The van der Waals surface area contributed by atoms with Crippen molar-refractivity contribution in [2.45, 2.75) is 18.9 Å². The van der Waals surface area contributed by atoms with E-state index in [2.05, 4.69) is 0 Å². The van der Waals surface area contributed by atoms with Gasteiger partial charge in [-0.2, -0.15) is 0 Å². The van der Waals surface area contributed by atoms with Crippen molar-refractivity contribution in [1.29, 1.82) is 0 Å². The Morgan fingerprint density at radius 3 is 3.05 bits per heavy atom. The summed E-state index contributed by atoms with van der Waals surface area (Å²) in [6.07, 6.45) is 2.29. The molecule has 1 unspecified atom stereocenters. The Bertz CT molecular complexity index is 429. The molecule has 1 heterocycles. The lowest BCUT2D eigenvalue weighted by atomic mass is 10.2. The van der Waals surface area contributed by atoms with E-state index in [0.29, 0.717) is 17.9 Å². The van der Waals surface area contributed by atoms with Crippen LogP contribution in [-0.2, 0) is 9.57 Å². The van der Waals surface area contributed by atoms with Gasteiger partial charge < -0.3 is 9.47 Å². The highest BCUT2D eigenvalue weighted by atomic mass is 16.7. The predicted octanol–water partition coefficient (Wildman–Crippen LogP) is 1.88. The highest BCUT2D eigenvalue weighted by Gasteiger charge is 2.16. The van der Waals surface area contributed by atoms with E-state index < -0.39 is 0 Å². The van der Waals surface area contributed by atoms with E-state index in [1.54, 1.807) is 25.2 Å². The average molecular weight is 265 g/mol. The number of benzene rings is 1. The second kappa shape index (κ2) is 6.54. The van der Waals surface area contributed by atoms with Gasteiger partial charge in [0.15, 0.2) is 0 Å². The highest BCUT2D eigenvalue weighted by Crippen LogP contribution is 2.18. The van der Waals surface area contributed by atoms with Gasteiger partial charge in [0.1, 0.15) is 12.4 Å². The Balaban J connectivity index is 1.96. The van der Waals surface area contributed by atoms with Crippen molar-refractivity contribution in [2.75, 3.05) is 27.4 Å². The van der Waals surface area contributed by atoms with E-state index in [9.17, 15) is 4.79 Å². The van der Waals surface area contributed by atoms with Crippen LogP contribution in [-0.4, -0.2) is 44.4 Å². The lowest BCUT2D eigenvalue weighted by molar-refractivity contribution is -0.0757. The molecule has 0 N–H and O–H groups in total. The van der Waals surface area contributed by atoms with E-state index in [1.807, 2.05) is 6.07 Å². The number of nitrogens with zero attached hydrogens (tertiary/aromatic N) is 1. The van der Waals surface area contributed by atoms with Gasteiger partial charge in [0.2, 0.25) is 0 Å². The fourth-order valence-corrected chi connectivity index (χ4v) is 1.95. The second-order valence-electron chi connectivity index (χ2n) is 4.46. The molecule has 1 aliphatic rings. The average Bonchev–Trinajstić information content (AvgIpc) is 2.97. The maximum absolute atomic E-state index is 11.9. The molecule has 0 aliphatic carbocycles. The van der Waals surface area contributed by atoms with Crippen LogP contribution in [0.4, 0.5) is 0 Å². The quantitative estimate of drug-likeness (QED) is 0.763. The van der Waals surface area contributed by atoms with Crippen molar-refractivity contribution in [1.82, 2.24) is 5.06 Å². The monoisotopic (exact) mass is 265 g/mol. The smallest absolute Gasteiger partial charge is 0.277 e. The summed E-state index contributed by atoms with van der Waals surface area (Å²) in [6, 6.07) is 7.07. The highest BCUT2D eigenvalue weighted by molar-refractivity contribution is 5.93. The first-order valence-electron chi connectivity index (χ1n) is 6.37. The first-order chi connectivity index (χ1) is 9.20. The van der Waals surface area contributed by atoms with Gasteiger partial charge in [-0.05, 0) is 31.0 Å². The summed E-state index contributed by atoms with van der Waals surface area (Å²) >= 11 is 0. The molecule has 19 heavy (non-hydrogen) atoms. The largest absolute Gasteiger partial charge is 0.491 e.